The molecule has 0 heterocycles. The highest BCUT2D eigenvalue weighted by molar-refractivity contribution is 7.78. The predicted molar refractivity (Wildman–Crippen MR) is 56.2 cm³/mol. The molecule has 0 unspecified atom stereocenters. The number of hydrogen-bond acceptors (Lipinski definition) is 2. The Morgan fingerprint density at radius 1 is 1.46 bits per heavy atom. The fraction of sp³-hybridized carbons (Fsp3) is 0.125. The number of halogens is 1. The first kappa shape index (κ1) is 12.1. The van der Waals surface area contributed by atoms with E-state index in [-0.39, 0.29) is 0 Å². The maximum atomic E-state index is 9.55. The van der Waals surface area contributed by atoms with Crippen LogP contribution in [0, 0.1) is 0 Å². The van der Waals surface area contributed by atoms with E-state index in [1.54, 1.807) is 0 Å². The lowest BCUT2D eigenvalue weighted by atomic mass is 10.4. The molecule has 0 aliphatic heterocycles. The smallest absolute Gasteiger partial charge is 0.416 e. The maximum Gasteiger partial charge on any atom is 0.416 e. The first-order valence-electron chi connectivity index (χ1n) is 3.40. The zero-order valence-electron chi connectivity index (χ0n) is 7.01. The summed E-state index contributed by atoms with van der Waals surface area (Å²) in [6.45, 7) is 0. The van der Waals surface area contributed by atoms with Crippen molar-refractivity contribution in [3.05, 3.63) is 35.4 Å². The van der Waals surface area contributed by atoms with Gasteiger partial charge < -0.3 is 5.11 Å². The number of benzene rings is 1. The van der Waals surface area contributed by atoms with Gasteiger partial charge in [-0.3, -0.25) is 4.31 Å². The molecule has 1 aromatic carbocycles. The first-order valence-corrected chi connectivity index (χ1v) is 4.18. The van der Waals surface area contributed by atoms with Gasteiger partial charge >= 0.3 is 6.09 Å². The molecule has 0 fully saturated rings. The van der Waals surface area contributed by atoms with Gasteiger partial charge in [-0.25, -0.2) is 4.79 Å². The summed E-state index contributed by atoms with van der Waals surface area (Å²) >= 11 is 8.97. The van der Waals surface area contributed by atoms with Crippen molar-refractivity contribution in [3.63, 3.8) is 0 Å². The minimum absolute atomic E-state index is 0.778. The van der Waals surface area contributed by atoms with Crippen LogP contribution < -0.4 is 0 Å². The van der Waals surface area contributed by atoms with Crippen LogP contribution in [0.2, 0.25) is 5.02 Å². The summed E-state index contributed by atoms with van der Waals surface area (Å²) < 4.78 is 0.778. The molecule has 72 valence electrons. The maximum absolute atomic E-state index is 9.55. The molecule has 0 saturated heterocycles. The van der Waals surface area contributed by atoms with Gasteiger partial charge in [0.2, 0.25) is 0 Å². The lowest BCUT2D eigenvalue weighted by molar-refractivity contribution is 0.181. The van der Waals surface area contributed by atoms with Gasteiger partial charge in [0.15, 0.2) is 0 Å². The van der Waals surface area contributed by atoms with E-state index >= 15 is 0 Å². The third-order valence-electron chi connectivity index (χ3n) is 1.01. The van der Waals surface area contributed by atoms with Crippen LogP contribution in [0.4, 0.5) is 4.79 Å². The molecule has 5 heteroatoms. The van der Waals surface area contributed by atoms with Crippen LogP contribution in [0.25, 0.3) is 0 Å². The Balaban J connectivity index is 0.000000226. The number of nitrogens with zero attached hydrogens (tertiary/aromatic N) is 1. The van der Waals surface area contributed by atoms with Crippen molar-refractivity contribution in [1.82, 2.24) is 4.31 Å². The van der Waals surface area contributed by atoms with E-state index in [1.165, 1.54) is 7.05 Å². The molecular weight excluding hydrogens is 210 g/mol. The normalized spacial score (nSPS) is 8.23. The molecule has 0 aliphatic carbocycles. The zero-order chi connectivity index (χ0) is 10.3. The molecule has 0 bridgehead atoms. The Labute approximate surface area is 87.5 Å². The highest BCUT2D eigenvalue weighted by Gasteiger charge is 1.93. The summed E-state index contributed by atoms with van der Waals surface area (Å²) in [5, 5.41) is 8.63. The molecule has 0 aromatic heterocycles. The van der Waals surface area contributed by atoms with Crippen LogP contribution in [0.1, 0.15) is 0 Å². The van der Waals surface area contributed by atoms with Crippen molar-refractivity contribution in [2.75, 3.05) is 7.05 Å². The molecule has 0 radical (unpaired) electrons. The van der Waals surface area contributed by atoms with Crippen molar-refractivity contribution in [1.29, 1.82) is 0 Å². The van der Waals surface area contributed by atoms with Gasteiger partial charge in [0.1, 0.15) is 0 Å². The molecule has 0 spiro atoms. The predicted octanol–water partition coefficient (Wildman–Crippen LogP) is 2.78. The van der Waals surface area contributed by atoms with E-state index in [0.29, 0.717) is 0 Å². The molecule has 3 nitrogen and oxygen atoms in total. The van der Waals surface area contributed by atoms with E-state index in [1.807, 2.05) is 30.3 Å². The number of carboxylic acid groups (broad SMARTS) is 1. The van der Waals surface area contributed by atoms with Crippen molar-refractivity contribution in [3.8, 4) is 0 Å². The molecule has 0 atom stereocenters. The summed E-state index contributed by atoms with van der Waals surface area (Å²) in [4.78, 5) is 9.55. The van der Waals surface area contributed by atoms with Crippen LogP contribution in [-0.4, -0.2) is 22.6 Å². The lowest BCUT2D eigenvalue weighted by Gasteiger charge is -1.97. The van der Waals surface area contributed by atoms with E-state index < -0.39 is 6.09 Å². The van der Waals surface area contributed by atoms with Crippen LogP contribution in [-0.2, 0) is 0 Å². The molecule has 1 aromatic rings. The molecule has 1 N–H and O–H groups in total. The lowest BCUT2D eigenvalue weighted by Crippen LogP contribution is -2.11. The second-order valence-electron chi connectivity index (χ2n) is 2.10. The highest BCUT2D eigenvalue weighted by atomic mass is 35.5. The van der Waals surface area contributed by atoms with Gasteiger partial charge in [0.25, 0.3) is 0 Å². The largest absolute Gasteiger partial charge is 0.464 e. The third-order valence-corrected chi connectivity index (χ3v) is 1.43. The zero-order valence-corrected chi connectivity index (χ0v) is 8.66. The van der Waals surface area contributed by atoms with Crippen molar-refractivity contribution >= 4 is 30.5 Å². The second-order valence-corrected chi connectivity index (χ2v) is 3.14. The van der Waals surface area contributed by atoms with Gasteiger partial charge in [0.05, 0.1) is 0 Å². The van der Waals surface area contributed by atoms with Crippen LogP contribution >= 0.6 is 24.4 Å². The Hall–Kier alpha value is -0.870. The van der Waals surface area contributed by atoms with Gasteiger partial charge in [-0.05, 0) is 12.1 Å². The van der Waals surface area contributed by atoms with E-state index in [4.69, 9.17) is 16.7 Å². The summed E-state index contributed by atoms with van der Waals surface area (Å²) in [5.74, 6) is 0. The number of carbonyl (C=O) groups is 1. The van der Waals surface area contributed by atoms with Gasteiger partial charge in [-0.1, -0.05) is 42.6 Å². The average molecular weight is 220 g/mol. The summed E-state index contributed by atoms with van der Waals surface area (Å²) in [6.07, 6.45) is -1.04. The van der Waals surface area contributed by atoms with Crippen molar-refractivity contribution in [2.24, 2.45) is 0 Å². The minimum atomic E-state index is -1.04. The fourth-order valence-electron chi connectivity index (χ4n) is 0.415. The number of hydrogen-bond donors (Lipinski definition) is 2. The second kappa shape index (κ2) is 6.62. The minimum Gasteiger partial charge on any atom is -0.464 e. The van der Waals surface area contributed by atoms with Gasteiger partial charge in [-0.2, -0.15) is 0 Å². The number of thiol groups is 1. The summed E-state index contributed by atoms with van der Waals surface area (Å²) in [5.41, 5.74) is 0. The molecule has 0 aliphatic rings. The van der Waals surface area contributed by atoms with Gasteiger partial charge in [-0.15, -0.1) is 0 Å². The quantitative estimate of drug-likeness (QED) is 0.659. The number of amides is 1. The van der Waals surface area contributed by atoms with Crippen LogP contribution in [0.3, 0.4) is 0 Å². The summed E-state index contributed by atoms with van der Waals surface area (Å²) in [6, 6.07) is 9.44. The fourth-order valence-corrected chi connectivity index (χ4v) is 0.560. The van der Waals surface area contributed by atoms with E-state index in [9.17, 15) is 4.79 Å². The Morgan fingerprint density at radius 2 is 1.85 bits per heavy atom. The molecule has 0 saturated carbocycles. The van der Waals surface area contributed by atoms with Crippen molar-refractivity contribution in [2.45, 2.75) is 0 Å². The van der Waals surface area contributed by atoms with Crippen LogP contribution in [0.15, 0.2) is 30.3 Å². The van der Waals surface area contributed by atoms with Crippen molar-refractivity contribution < 1.29 is 9.90 Å². The third kappa shape index (κ3) is 7.49. The Bertz CT molecular complexity index is 254. The Kier molecular flexibility index (Phi) is 6.18. The topological polar surface area (TPSA) is 40.5 Å². The SMILES string of the molecule is CN(S)C(=O)O.Clc1ccccc1. The van der Waals surface area contributed by atoms with E-state index in [0.717, 1.165) is 9.33 Å². The van der Waals surface area contributed by atoms with Gasteiger partial charge in [0, 0.05) is 12.1 Å². The molecule has 1 rings (SSSR count). The standard InChI is InChI=1S/C6H5Cl.C2H5NO2S/c7-6-4-2-1-3-5-6;1-3(6)2(4)5/h1-5H;6H,1H3,(H,4,5). The summed E-state index contributed by atoms with van der Waals surface area (Å²) in [7, 11) is 1.34. The first-order chi connectivity index (χ1) is 6.04. The Morgan fingerprint density at radius 3 is 2.00 bits per heavy atom. The molecule has 1 amide bonds. The van der Waals surface area contributed by atoms with E-state index in [2.05, 4.69) is 12.8 Å². The average Bonchev–Trinajstić information content (AvgIpc) is 2.06. The molecular formula is C8H10ClNO2S. The van der Waals surface area contributed by atoms with Crippen LogP contribution in [0.5, 0.6) is 0 Å². The monoisotopic (exact) mass is 219 g/mol. The molecule has 13 heavy (non-hydrogen) atoms. The highest BCUT2D eigenvalue weighted by Crippen LogP contribution is 2.03. The number of rotatable bonds is 0.